The van der Waals surface area contributed by atoms with E-state index >= 15 is 0 Å². The van der Waals surface area contributed by atoms with E-state index in [2.05, 4.69) is 11.0 Å². The molecule has 1 aromatic heterocycles. The molecule has 0 amide bonds. The van der Waals surface area contributed by atoms with Crippen LogP contribution in [0, 0.1) is 12.8 Å². The maximum atomic E-state index is 12.1. The molecular formula is C20H26N2O4. The van der Waals surface area contributed by atoms with E-state index in [0.717, 1.165) is 47.4 Å². The molecule has 0 radical (unpaired) electrons. The fourth-order valence-electron chi connectivity index (χ4n) is 3.59. The second-order valence-electron chi connectivity index (χ2n) is 6.53. The molecule has 140 valence electrons. The normalized spacial score (nSPS) is 17.2. The Hall–Kier alpha value is -2.50. The highest BCUT2D eigenvalue weighted by atomic mass is 16.5. The molecule has 0 spiro atoms. The largest absolute Gasteiger partial charge is 0.496 e. The molecule has 1 aromatic carbocycles. The SMILES string of the molecule is CCOC(=O)C1CCCN(c2cc(C)c3c(OC)ccc(OC)c3n2)C1. The zero-order valence-corrected chi connectivity index (χ0v) is 15.9. The minimum Gasteiger partial charge on any atom is -0.496 e. The predicted molar refractivity (Wildman–Crippen MR) is 101 cm³/mol. The number of hydrogen-bond acceptors (Lipinski definition) is 6. The third-order valence-corrected chi connectivity index (χ3v) is 4.87. The van der Waals surface area contributed by atoms with Crippen LogP contribution in [0.5, 0.6) is 11.5 Å². The number of methoxy groups -OCH3 is 2. The van der Waals surface area contributed by atoms with E-state index in [-0.39, 0.29) is 11.9 Å². The van der Waals surface area contributed by atoms with Gasteiger partial charge < -0.3 is 19.1 Å². The molecule has 0 saturated carbocycles. The van der Waals surface area contributed by atoms with Crippen LogP contribution in [0.15, 0.2) is 18.2 Å². The van der Waals surface area contributed by atoms with Crippen molar-refractivity contribution in [2.75, 3.05) is 38.8 Å². The summed E-state index contributed by atoms with van der Waals surface area (Å²) in [5.74, 6) is 2.13. The first-order valence-corrected chi connectivity index (χ1v) is 9.03. The number of carbonyl (C=O) groups excluding carboxylic acids is 1. The van der Waals surface area contributed by atoms with Gasteiger partial charge in [0, 0.05) is 18.5 Å². The zero-order chi connectivity index (χ0) is 18.7. The number of aryl methyl sites for hydroxylation is 1. The first-order valence-electron chi connectivity index (χ1n) is 9.03. The van der Waals surface area contributed by atoms with Gasteiger partial charge in [-0.2, -0.15) is 0 Å². The Balaban J connectivity index is 1.99. The molecule has 1 saturated heterocycles. The molecule has 6 heteroatoms. The molecule has 2 aromatic rings. The molecular weight excluding hydrogens is 332 g/mol. The van der Waals surface area contributed by atoms with Gasteiger partial charge in [-0.1, -0.05) is 0 Å². The number of aromatic nitrogens is 1. The molecule has 1 atom stereocenters. The lowest BCUT2D eigenvalue weighted by Crippen LogP contribution is -2.39. The van der Waals surface area contributed by atoms with Crippen LogP contribution < -0.4 is 14.4 Å². The number of anilines is 1. The van der Waals surface area contributed by atoms with E-state index in [9.17, 15) is 4.79 Å². The number of fused-ring (bicyclic) bond motifs is 1. The first-order chi connectivity index (χ1) is 12.6. The lowest BCUT2D eigenvalue weighted by atomic mass is 9.98. The van der Waals surface area contributed by atoms with Crippen LogP contribution >= 0.6 is 0 Å². The van der Waals surface area contributed by atoms with Crippen LogP contribution in [0.25, 0.3) is 10.9 Å². The Morgan fingerprint density at radius 2 is 2.00 bits per heavy atom. The van der Waals surface area contributed by atoms with Gasteiger partial charge in [0.05, 0.1) is 26.7 Å². The Kier molecular flexibility index (Phi) is 5.49. The Bertz CT molecular complexity index is 806. The summed E-state index contributed by atoms with van der Waals surface area (Å²) in [6, 6.07) is 5.82. The van der Waals surface area contributed by atoms with Crippen LogP contribution in [-0.2, 0) is 9.53 Å². The summed E-state index contributed by atoms with van der Waals surface area (Å²) in [4.78, 5) is 19.1. The molecule has 0 N–H and O–H groups in total. The fraction of sp³-hybridized carbons (Fsp3) is 0.500. The summed E-state index contributed by atoms with van der Waals surface area (Å²) in [5.41, 5.74) is 1.85. The minimum atomic E-state index is -0.117. The predicted octanol–water partition coefficient (Wildman–Crippen LogP) is 3.34. The summed E-state index contributed by atoms with van der Waals surface area (Å²) < 4.78 is 16.2. The van der Waals surface area contributed by atoms with Gasteiger partial charge >= 0.3 is 5.97 Å². The number of carbonyl (C=O) groups is 1. The van der Waals surface area contributed by atoms with E-state index in [1.807, 2.05) is 26.0 Å². The lowest BCUT2D eigenvalue weighted by Gasteiger charge is -2.32. The summed E-state index contributed by atoms with van der Waals surface area (Å²) >= 11 is 0. The molecule has 1 fully saturated rings. The van der Waals surface area contributed by atoms with Crippen molar-refractivity contribution >= 4 is 22.7 Å². The van der Waals surface area contributed by atoms with Crippen molar-refractivity contribution in [3.8, 4) is 11.5 Å². The smallest absolute Gasteiger partial charge is 0.310 e. The first kappa shape index (κ1) is 18.3. The Labute approximate surface area is 154 Å². The number of rotatable bonds is 5. The van der Waals surface area contributed by atoms with Crippen LogP contribution in [0.3, 0.4) is 0 Å². The number of hydrogen-bond donors (Lipinski definition) is 0. The van der Waals surface area contributed by atoms with Gasteiger partial charge in [0.2, 0.25) is 0 Å². The zero-order valence-electron chi connectivity index (χ0n) is 15.9. The van der Waals surface area contributed by atoms with Gasteiger partial charge in [0.15, 0.2) is 0 Å². The molecule has 3 rings (SSSR count). The molecule has 1 aliphatic heterocycles. The summed E-state index contributed by atoms with van der Waals surface area (Å²) in [5, 5.41) is 0.953. The van der Waals surface area contributed by atoms with Gasteiger partial charge in [-0.15, -0.1) is 0 Å². The molecule has 0 aliphatic carbocycles. The summed E-state index contributed by atoms with van der Waals surface area (Å²) in [6.45, 7) is 5.80. The molecule has 26 heavy (non-hydrogen) atoms. The van der Waals surface area contributed by atoms with Crippen LogP contribution in [-0.4, -0.2) is 44.9 Å². The molecule has 0 bridgehead atoms. The number of esters is 1. The maximum absolute atomic E-state index is 12.1. The third-order valence-electron chi connectivity index (χ3n) is 4.87. The van der Waals surface area contributed by atoms with Gasteiger partial charge in [-0.3, -0.25) is 4.79 Å². The van der Waals surface area contributed by atoms with Gasteiger partial charge in [-0.25, -0.2) is 4.98 Å². The molecule has 2 heterocycles. The lowest BCUT2D eigenvalue weighted by molar-refractivity contribution is -0.148. The maximum Gasteiger partial charge on any atom is 0.310 e. The van der Waals surface area contributed by atoms with Crippen molar-refractivity contribution in [3.05, 3.63) is 23.8 Å². The average Bonchev–Trinajstić information content (AvgIpc) is 2.67. The van der Waals surface area contributed by atoms with Crippen LogP contribution in [0.2, 0.25) is 0 Å². The third kappa shape index (κ3) is 3.41. The molecule has 6 nitrogen and oxygen atoms in total. The minimum absolute atomic E-state index is 0.103. The number of piperidine rings is 1. The fourth-order valence-corrected chi connectivity index (χ4v) is 3.59. The van der Waals surface area contributed by atoms with Gasteiger partial charge in [0.25, 0.3) is 0 Å². The van der Waals surface area contributed by atoms with E-state index < -0.39 is 0 Å². The van der Waals surface area contributed by atoms with E-state index in [4.69, 9.17) is 19.2 Å². The second-order valence-corrected chi connectivity index (χ2v) is 6.53. The van der Waals surface area contributed by atoms with Crippen molar-refractivity contribution < 1.29 is 19.0 Å². The topological polar surface area (TPSA) is 60.9 Å². The standard InChI is InChI=1S/C20H26N2O4/c1-5-26-20(23)14-7-6-10-22(12-14)17-11-13(2)18-15(24-3)8-9-16(25-4)19(18)21-17/h8-9,11,14H,5-7,10,12H2,1-4H3. The van der Waals surface area contributed by atoms with Gasteiger partial charge in [0.1, 0.15) is 22.8 Å². The number of nitrogens with zero attached hydrogens (tertiary/aromatic N) is 2. The van der Waals surface area contributed by atoms with Crippen molar-refractivity contribution in [2.45, 2.75) is 26.7 Å². The summed E-state index contributed by atoms with van der Waals surface area (Å²) in [7, 11) is 3.30. The highest BCUT2D eigenvalue weighted by molar-refractivity contribution is 5.94. The van der Waals surface area contributed by atoms with Crippen molar-refractivity contribution in [1.29, 1.82) is 0 Å². The number of ether oxygens (including phenoxy) is 3. The van der Waals surface area contributed by atoms with Crippen molar-refractivity contribution in [1.82, 2.24) is 4.98 Å². The van der Waals surface area contributed by atoms with Crippen molar-refractivity contribution in [3.63, 3.8) is 0 Å². The average molecular weight is 358 g/mol. The van der Waals surface area contributed by atoms with E-state index in [1.54, 1.807) is 14.2 Å². The van der Waals surface area contributed by atoms with Crippen LogP contribution in [0.1, 0.15) is 25.3 Å². The van der Waals surface area contributed by atoms with Crippen molar-refractivity contribution in [2.24, 2.45) is 5.92 Å². The number of benzene rings is 1. The van der Waals surface area contributed by atoms with E-state index in [0.29, 0.717) is 18.9 Å². The Morgan fingerprint density at radius 1 is 1.27 bits per heavy atom. The highest BCUT2D eigenvalue weighted by Gasteiger charge is 2.28. The molecule has 1 aliphatic rings. The molecule has 1 unspecified atom stereocenters. The highest BCUT2D eigenvalue weighted by Crippen LogP contribution is 2.36. The van der Waals surface area contributed by atoms with Crippen LogP contribution in [0.4, 0.5) is 5.82 Å². The van der Waals surface area contributed by atoms with E-state index in [1.165, 1.54) is 0 Å². The number of pyridine rings is 1. The van der Waals surface area contributed by atoms with Gasteiger partial charge in [-0.05, 0) is 50.5 Å². The summed E-state index contributed by atoms with van der Waals surface area (Å²) in [6.07, 6.45) is 1.80. The Morgan fingerprint density at radius 3 is 2.69 bits per heavy atom. The monoisotopic (exact) mass is 358 g/mol. The quantitative estimate of drug-likeness (QED) is 0.764. The second kappa shape index (κ2) is 7.81.